The number of fused-ring (bicyclic) bond motifs is 1. The molecule has 0 saturated carbocycles. The van der Waals surface area contributed by atoms with Crippen LogP contribution >= 0.6 is 0 Å². The smallest absolute Gasteiger partial charge is 0.416 e. The van der Waals surface area contributed by atoms with Crippen molar-refractivity contribution in [3.63, 3.8) is 0 Å². The van der Waals surface area contributed by atoms with Crippen LogP contribution in [0, 0.1) is 0 Å². The maximum Gasteiger partial charge on any atom is 0.416 e. The monoisotopic (exact) mass is 661 g/mol. The molecule has 1 aliphatic heterocycles. The number of imidazole rings is 1. The van der Waals surface area contributed by atoms with Crippen molar-refractivity contribution in [2.75, 3.05) is 19.9 Å². The molecule has 0 radical (unpaired) electrons. The highest BCUT2D eigenvalue weighted by Gasteiger charge is 2.31. The van der Waals surface area contributed by atoms with E-state index < -0.39 is 11.7 Å². The predicted octanol–water partition coefficient (Wildman–Crippen LogP) is 10.3. The van der Waals surface area contributed by atoms with Gasteiger partial charge in [-0.15, -0.1) is 6.58 Å². The Labute approximate surface area is 282 Å². The zero-order valence-corrected chi connectivity index (χ0v) is 28.4. The van der Waals surface area contributed by atoms with Gasteiger partial charge in [-0.2, -0.15) is 13.2 Å². The first kappa shape index (κ1) is 36.3. The zero-order valence-electron chi connectivity index (χ0n) is 28.4. The Morgan fingerprint density at radius 1 is 0.979 bits per heavy atom. The molecule has 1 aliphatic rings. The molecule has 256 valence electrons. The van der Waals surface area contributed by atoms with Gasteiger partial charge in [-0.3, -0.25) is 4.90 Å². The summed E-state index contributed by atoms with van der Waals surface area (Å²) >= 11 is 0. The van der Waals surface area contributed by atoms with E-state index in [-0.39, 0.29) is 6.79 Å². The van der Waals surface area contributed by atoms with E-state index in [2.05, 4.69) is 29.0 Å². The Balaban J connectivity index is 0.00000167. The van der Waals surface area contributed by atoms with Crippen molar-refractivity contribution < 1.29 is 27.4 Å². The van der Waals surface area contributed by atoms with Crippen LogP contribution in [0.25, 0.3) is 22.6 Å². The third kappa shape index (κ3) is 9.76. The molecule has 4 aromatic rings. The van der Waals surface area contributed by atoms with Crippen LogP contribution in [0.5, 0.6) is 11.5 Å². The van der Waals surface area contributed by atoms with Crippen LogP contribution in [0.1, 0.15) is 63.8 Å². The van der Waals surface area contributed by atoms with Crippen molar-refractivity contribution in [3.8, 4) is 34.1 Å². The molecule has 0 amide bonds. The molecule has 0 N–H and O–H groups in total. The summed E-state index contributed by atoms with van der Waals surface area (Å²) in [6, 6.07) is 21.3. The summed E-state index contributed by atoms with van der Waals surface area (Å²) in [6.45, 7) is 14.6. The molecule has 48 heavy (non-hydrogen) atoms. The molecule has 5 rings (SSSR count). The highest BCUT2D eigenvalue weighted by molar-refractivity contribution is 5.69. The van der Waals surface area contributed by atoms with Gasteiger partial charge in [0.15, 0.2) is 11.5 Å². The fourth-order valence-electron chi connectivity index (χ4n) is 5.55. The maximum absolute atomic E-state index is 13.8. The van der Waals surface area contributed by atoms with E-state index in [0.29, 0.717) is 49.8 Å². The van der Waals surface area contributed by atoms with Crippen LogP contribution in [0.4, 0.5) is 13.2 Å². The number of aromatic nitrogens is 2. The number of halogens is 3. The Hall–Kier alpha value is -4.50. The minimum absolute atomic E-state index is 0.198. The third-order valence-electron chi connectivity index (χ3n) is 7.77. The molecule has 0 aliphatic carbocycles. The molecule has 0 unspecified atom stereocenters. The summed E-state index contributed by atoms with van der Waals surface area (Å²) in [7, 11) is 0. The number of benzene rings is 3. The molecule has 1 aromatic heterocycles. The summed E-state index contributed by atoms with van der Waals surface area (Å²) in [6.07, 6.45) is 1.98. The standard InChI is InChI=1S/C36H40F3N3O3.C3H6/c1-4-6-20-42-31(24-41(19-11-12-26(3)43-5-2)23-27-17-18-32-33(21-27)45-25-44-32)34(40-35(42)28-13-8-7-9-14-28)29-15-10-16-30(22-29)36(37,38)39;1-3-2/h7-10,12-18,21-22H,4-6,11,19-20,23-25H2,1-3H3;3H,1H2,2H3/b26-12+;. The quantitative estimate of drug-likeness (QED) is 0.0994. The fourth-order valence-corrected chi connectivity index (χ4v) is 5.55. The van der Waals surface area contributed by atoms with Crippen molar-refractivity contribution in [2.24, 2.45) is 0 Å². The van der Waals surface area contributed by atoms with Crippen molar-refractivity contribution in [1.82, 2.24) is 14.5 Å². The van der Waals surface area contributed by atoms with Crippen LogP contribution in [0.3, 0.4) is 0 Å². The van der Waals surface area contributed by atoms with Gasteiger partial charge >= 0.3 is 6.18 Å². The van der Waals surface area contributed by atoms with Gasteiger partial charge in [0.05, 0.1) is 29.3 Å². The lowest BCUT2D eigenvalue weighted by Crippen LogP contribution is -2.26. The molecule has 0 atom stereocenters. The van der Waals surface area contributed by atoms with Crippen molar-refractivity contribution in [1.29, 1.82) is 0 Å². The first-order chi connectivity index (χ1) is 23.2. The van der Waals surface area contributed by atoms with Crippen LogP contribution in [0.15, 0.2) is 97.3 Å². The first-order valence-corrected chi connectivity index (χ1v) is 16.5. The highest BCUT2D eigenvalue weighted by Crippen LogP contribution is 2.36. The Bertz CT molecular complexity index is 1650. The van der Waals surface area contributed by atoms with Crippen molar-refractivity contribution in [2.45, 2.75) is 72.8 Å². The molecule has 0 saturated heterocycles. The molecule has 6 nitrogen and oxygen atoms in total. The van der Waals surface area contributed by atoms with Gasteiger partial charge in [-0.1, -0.05) is 68.0 Å². The van der Waals surface area contributed by atoms with Crippen molar-refractivity contribution in [3.05, 3.63) is 114 Å². The van der Waals surface area contributed by atoms with Gasteiger partial charge in [-0.05, 0) is 69.5 Å². The van der Waals surface area contributed by atoms with Crippen LogP contribution < -0.4 is 9.47 Å². The van der Waals surface area contributed by atoms with E-state index in [4.69, 9.17) is 19.2 Å². The van der Waals surface area contributed by atoms with Gasteiger partial charge in [0.2, 0.25) is 6.79 Å². The van der Waals surface area contributed by atoms with Gasteiger partial charge in [0.25, 0.3) is 0 Å². The number of hydrogen-bond donors (Lipinski definition) is 0. The Morgan fingerprint density at radius 2 is 1.71 bits per heavy atom. The SMILES string of the molecule is C=CC.CCCCn1c(-c2ccccc2)nc(-c2cccc(C(F)(F)F)c2)c1CN(CC/C=C(\C)OCC)Cc1ccc2c(c1)OCO2. The van der Waals surface area contributed by atoms with Gasteiger partial charge in [0, 0.05) is 37.3 Å². The summed E-state index contributed by atoms with van der Waals surface area (Å²) < 4.78 is 60.5. The average molecular weight is 662 g/mol. The third-order valence-corrected chi connectivity index (χ3v) is 7.77. The summed E-state index contributed by atoms with van der Waals surface area (Å²) in [5, 5.41) is 0. The summed E-state index contributed by atoms with van der Waals surface area (Å²) in [4.78, 5) is 7.37. The highest BCUT2D eigenvalue weighted by atomic mass is 19.4. The van der Waals surface area contributed by atoms with Crippen LogP contribution in [-0.4, -0.2) is 34.4 Å². The van der Waals surface area contributed by atoms with E-state index in [1.165, 1.54) is 12.1 Å². The normalized spacial score (nSPS) is 12.5. The molecular weight excluding hydrogens is 615 g/mol. The molecule has 3 aromatic carbocycles. The number of ether oxygens (including phenoxy) is 3. The largest absolute Gasteiger partial charge is 0.499 e. The molecular formula is C39H46F3N3O3. The van der Waals surface area contributed by atoms with E-state index in [1.807, 2.05) is 69.3 Å². The first-order valence-electron chi connectivity index (χ1n) is 16.5. The molecule has 0 bridgehead atoms. The Kier molecular flexibility index (Phi) is 13.3. The van der Waals surface area contributed by atoms with Gasteiger partial charge in [0.1, 0.15) is 5.82 Å². The van der Waals surface area contributed by atoms with E-state index in [9.17, 15) is 13.2 Å². The number of rotatable bonds is 14. The summed E-state index contributed by atoms with van der Waals surface area (Å²) in [5.74, 6) is 3.05. The molecule has 0 fully saturated rings. The minimum Gasteiger partial charge on any atom is -0.499 e. The van der Waals surface area contributed by atoms with E-state index >= 15 is 0 Å². The Morgan fingerprint density at radius 3 is 2.42 bits per heavy atom. The number of alkyl halides is 3. The lowest BCUT2D eigenvalue weighted by Gasteiger charge is -2.24. The zero-order chi connectivity index (χ0) is 34.5. The lowest BCUT2D eigenvalue weighted by molar-refractivity contribution is -0.137. The van der Waals surface area contributed by atoms with E-state index in [0.717, 1.165) is 59.5 Å². The molecule has 0 spiro atoms. The number of nitrogens with zero attached hydrogens (tertiary/aromatic N) is 3. The maximum atomic E-state index is 13.8. The lowest BCUT2D eigenvalue weighted by atomic mass is 10.1. The summed E-state index contributed by atoms with van der Waals surface area (Å²) in [5.41, 5.74) is 3.17. The molecule has 2 heterocycles. The predicted molar refractivity (Wildman–Crippen MR) is 186 cm³/mol. The second-order valence-electron chi connectivity index (χ2n) is 11.5. The average Bonchev–Trinajstić information content (AvgIpc) is 3.68. The fraction of sp³-hybridized carbons (Fsp3) is 0.359. The number of hydrogen-bond acceptors (Lipinski definition) is 5. The topological polar surface area (TPSA) is 48.8 Å². The van der Waals surface area contributed by atoms with E-state index in [1.54, 1.807) is 12.1 Å². The van der Waals surface area contributed by atoms with Gasteiger partial charge < -0.3 is 18.8 Å². The van der Waals surface area contributed by atoms with Crippen molar-refractivity contribution >= 4 is 0 Å². The second-order valence-corrected chi connectivity index (χ2v) is 11.5. The molecule has 9 heteroatoms. The van der Waals surface area contributed by atoms with Gasteiger partial charge in [-0.25, -0.2) is 4.98 Å². The number of allylic oxidation sites excluding steroid dienone is 2. The van der Waals surface area contributed by atoms with Crippen LogP contribution in [-0.2, 0) is 30.5 Å². The second kappa shape index (κ2) is 17.6. The van der Waals surface area contributed by atoms with Crippen LogP contribution in [0.2, 0.25) is 0 Å². The minimum atomic E-state index is -4.46. The number of unbranched alkanes of at least 4 members (excludes halogenated alkanes) is 1.